The van der Waals surface area contributed by atoms with E-state index in [-0.39, 0.29) is 5.82 Å². The highest BCUT2D eigenvalue weighted by Crippen LogP contribution is 2.19. The van der Waals surface area contributed by atoms with Crippen LogP contribution in [0.3, 0.4) is 0 Å². The van der Waals surface area contributed by atoms with Crippen molar-refractivity contribution in [1.29, 1.82) is 0 Å². The van der Waals surface area contributed by atoms with Gasteiger partial charge >= 0.3 is 0 Å². The van der Waals surface area contributed by atoms with Gasteiger partial charge in [0.05, 0.1) is 12.0 Å². The first-order chi connectivity index (χ1) is 13.2. The molecule has 6 nitrogen and oxygen atoms in total. The molecule has 0 spiro atoms. The molecule has 0 aliphatic heterocycles. The number of nitrogens with zero attached hydrogens (tertiary/aromatic N) is 5. The molecule has 0 aliphatic carbocycles. The molecular formula is C20H17FN6. The van der Waals surface area contributed by atoms with Crippen LogP contribution in [0.4, 0.5) is 10.2 Å². The highest BCUT2D eigenvalue weighted by molar-refractivity contribution is 5.56. The van der Waals surface area contributed by atoms with E-state index in [4.69, 9.17) is 0 Å². The number of hydrogen-bond donors (Lipinski definition) is 1. The molecule has 134 valence electrons. The van der Waals surface area contributed by atoms with Crippen LogP contribution >= 0.6 is 0 Å². The number of halogens is 1. The van der Waals surface area contributed by atoms with Crippen LogP contribution in [0, 0.1) is 12.7 Å². The Morgan fingerprint density at radius 2 is 2.00 bits per heavy atom. The molecule has 7 heteroatoms. The van der Waals surface area contributed by atoms with E-state index in [1.54, 1.807) is 41.7 Å². The number of anilines is 1. The van der Waals surface area contributed by atoms with Crippen molar-refractivity contribution in [2.45, 2.75) is 13.5 Å². The third-order valence-corrected chi connectivity index (χ3v) is 4.04. The number of nitrogens with one attached hydrogen (secondary N) is 1. The van der Waals surface area contributed by atoms with Gasteiger partial charge in [0.2, 0.25) is 0 Å². The Morgan fingerprint density at radius 1 is 1.07 bits per heavy atom. The maximum Gasteiger partial charge on any atom is 0.163 e. The molecule has 0 aliphatic rings. The predicted molar refractivity (Wildman–Crippen MR) is 101 cm³/mol. The van der Waals surface area contributed by atoms with Gasteiger partial charge in [-0.15, -0.1) is 0 Å². The molecule has 1 N–H and O–H groups in total. The average molecular weight is 360 g/mol. The lowest BCUT2D eigenvalue weighted by Gasteiger charge is -2.10. The van der Waals surface area contributed by atoms with Crippen LogP contribution in [0.15, 0.2) is 67.5 Å². The molecule has 0 saturated carbocycles. The lowest BCUT2D eigenvalue weighted by Crippen LogP contribution is -2.05. The van der Waals surface area contributed by atoms with Gasteiger partial charge in [-0.2, -0.15) is 0 Å². The van der Waals surface area contributed by atoms with E-state index >= 15 is 0 Å². The summed E-state index contributed by atoms with van der Waals surface area (Å²) in [5.41, 5.74) is 2.97. The van der Waals surface area contributed by atoms with Crippen LogP contribution in [-0.4, -0.2) is 24.5 Å². The minimum atomic E-state index is -0.304. The molecule has 3 aromatic heterocycles. The summed E-state index contributed by atoms with van der Waals surface area (Å²) in [5.74, 6) is 0.981. The van der Waals surface area contributed by atoms with Crippen molar-refractivity contribution in [3.05, 3.63) is 84.6 Å². The summed E-state index contributed by atoms with van der Waals surface area (Å²) in [6, 6.07) is 10.7. The number of imidazole rings is 1. The first-order valence-corrected chi connectivity index (χ1v) is 8.46. The maximum absolute atomic E-state index is 14.4. The van der Waals surface area contributed by atoms with Gasteiger partial charge in [-0.25, -0.2) is 19.3 Å². The molecule has 0 atom stereocenters. The standard InChI is InChI=1S/C20H17FN6/c1-14-9-19(26-20(25-14)16-3-2-6-22-12-16)24-11-15-4-5-18(17(21)10-15)27-8-7-23-13-27/h2-10,12-13H,11H2,1H3,(H,24,25,26). The Kier molecular flexibility index (Phi) is 4.57. The van der Waals surface area contributed by atoms with E-state index in [1.165, 1.54) is 6.07 Å². The smallest absolute Gasteiger partial charge is 0.163 e. The molecule has 0 fully saturated rings. The number of aryl methyl sites for hydroxylation is 1. The van der Waals surface area contributed by atoms with Crippen molar-refractivity contribution in [3.8, 4) is 17.1 Å². The number of rotatable bonds is 5. The molecule has 0 radical (unpaired) electrons. The van der Waals surface area contributed by atoms with Gasteiger partial charge in [0.15, 0.2) is 5.82 Å². The monoisotopic (exact) mass is 360 g/mol. The summed E-state index contributed by atoms with van der Waals surface area (Å²) in [6.07, 6.45) is 8.33. The largest absolute Gasteiger partial charge is 0.366 e. The fourth-order valence-corrected chi connectivity index (χ4v) is 2.75. The summed E-state index contributed by atoms with van der Waals surface area (Å²) in [5, 5.41) is 3.24. The molecule has 4 rings (SSSR count). The third kappa shape index (κ3) is 3.82. The number of benzene rings is 1. The highest BCUT2D eigenvalue weighted by Gasteiger charge is 2.08. The van der Waals surface area contributed by atoms with Gasteiger partial charge in [0, 0.05) is 48.7 Å². The lowest BCUT2D eigenvalue weighted by molar-refractivity contribution is 0.616. The predicted octanol–water partition coefficient (Wildman–Crippen LogP) is 3.78. The van der Waals surface area contributed by atoms with E-state index in [2.05, 4.69) is 25.3 Å². The first kappa shape index (κ1) is 16.8. The molecule has 0 bridgehead atoms. The van der Waals surface area contributed by atoms with Crippen molar-refractivity contribution in [2.24, 2.45) is 0 Å². The zero-order valence-electron chi connectivity index (χ0n) is 14.7. The normalized spacial score (nSPS) is 10.7. The molecule has 27 heavy (non-hydrogen) atoms. The van der Waals surface area contributed by atoms with Crippen LogP contribution in [0.5, 0.6) is 0 Å². The van der Waals surface area contributed by atoms with E-state index in [9.17, 15) is 4.39 Å². The van der Waals surface area contributed by atoms with Crippen LogP contribution in [0.25, 0.3) is 17.1 Å². The van der Waals surface area contributed by atoms with Gasteiger partial charge in [0.1, 0.15) is 11.6 Å². The molecule has 0 saturated heterocycles. The summed E-state index contributed by atoms with van der Waals surface area (Å²) in [7, 11) is 0. The van der Waals surface area contributed by atoms with Crippen molar-refractivity contribution in [3.63, 3.8) is 0 Å². The Labute approximate surface area is 155 Å². The van der Waals surface area contributed by atoms with E-state index in [0.29, 0.717) is 23.9 Å². The third-order valence-electron chi connectivity index (χ3n) is 4.04. The van der Waals surface area contributed by atoms with Crippen LogP contribution < -0.4 is 5.32 Å². The topological polar surface area (TPSA) is 68.5 Å². The van der Waals surface area contributed by atoms with Crippen LogP contribution in [-0.2, 0) is 6.54 Å². The van der Waals surface area contributed by atoms with Crippen LogP contribution in [0.1, 0.15) is 11.3 Å². The SMILES string of the molecule is Cc1cc(NCc2ccc(-n3ccnc3)c(F)c2)nc(-c2cccnc2)n1. The van der Waals surface area contributed by atoms with Crippen molar-refractivity contribution in [1.82, 2.24) is 24.5 Å². The van der Waals surface area contributed by atoms with E-state index in [1.807, 2.05) is 31.2 Å². The Balaban J connectivity index is 1.52. The summed E-state index contributed by atoms with van der Waals surface area (Å²) in [4.78, 5) is 17.0. The summed E-state index contributed by atoms with van der Waals surface area (Å²) in [6.45, 7) is 2.36. The number of hydrogen-bond acceptors (Lipinski definition) is 5. The number of pyridine rings is 1. The van der Waals surface area contributed by atoms with E-state index in [0.717, 1.165) is 16.8 Å². The molecule has 1 aromatic carbocycles. The minimum absolute atomic E-state index is 0.304. The second-order valence-electron chi connectivity index (χ2n) is 6.07. The zero-order valence-corrected chi connectivity index (χ0v) is 14.7. The second kappa shape index (κ2) is 7.33. The molecule has 0 unspecified atom stereocenters. The molecule has 4 aromatic rings. The van der Waals surface area contributed by atoms with Crippen molar-refractivity contribution < 1.29 is 4.39 Å². The van der Waals surface area contributed by atoms with E-state index < -0.39 is 0 Å². The fraction of sp³-hybridized carbons (Fsp3) is 0.100. The van der Waals surface area contributed by atoms with Gasteiger partial charge in [-0.1, -0.05) is 6.07 Å². The maximum atomic E-state index is 14.4. The quantitative estimate of drug-likeness (QED) is 0.586. The second-order valence-corrected chi connectivity index (χ2v) is 6.07. The van der Waals surface area contributed by atoms with Gasteiger partial charge in [0.25, 0.3) is 0 Å². The molecule has 0 amide bonds. The number of aromatic nitrogens is 5. The van der Waals surface area contributed by atoms with Gasteiger partial charge in [-0.3, -0.25) is 4.98 Å². The minimum Gasteiger partial charge on any atom is -0.366 e. The zero-order chi connectivity index (χ0) is 18.6. The highest BCUT2D eigenvalue weighted by atomic mass is 19.1. The molecular weight excluding hydrogens is 343 g/mol. The molecule has 3 heterocycles. The van der Waals surface area contributed by atoms with Crippen LogP contribution in [0.2, 0.25) is 0 Å². The first-order valence-electron chi connectivity index (χ1n) is 8.46. The van der Waals surface area contributed by atoms with Gasteiger partial charge < -0.3 is 9.88 Å². The fourth-order valence-electron chi connectivity index (χ4n) is 2.75. The Morgan fingerprint density at radius 3 is 2.74 bits per heavy atom. The van der Waals surface area contributed by atoms with Crippen molar-refractivity contribution in [2.75, 3.05) is 5.32 Å². The summed E-state index contributed by atoms with van der Waals surface area (Å²) >= 11 is 0. The lowest BCUT2D eigenvalue weighted by atomic mass is 10.2. The van der Waals surface area contributed by atoms with Gasteiger partial charge in [-0.05, 0) is 36.8 Å². The Hall–Kier alpha value is -3.61. The van der Waals surface area contributed by atoms with Crippen molar-refractivity contribution >= 4 is 5.82 Å². The average Bonchev–Trinajstić information content (AvgIpc) is 3.21. The Bertz CT molecular complexity index is 1050. The summed E-state index contributed by atoms with van der Waals surface area (Å²) < 4.78 is 16.0.